The summed E-state index contributed by atoms with van der Waals surface area (Å²) in [5, 5.41) is 2.63. The highest BCUT2D eigenvalue weighted by atomic mass is 16.7. The van der Waals surface area contributed by atoms with E-state index >= 15 is 0 Å². The van der Waals surface area contributed by atoms with Crippen molar-refractivity contribution in [3.63, 3.8) is 0 Å². The molecule has 0 spiro atoms. The Morgan fingerprint density at radius 1 is 1.35 bits per heavy atom. The van der Waals surface area contributed by atoms with Crippen LogP contribution in [0.4, 0.5) is 5.69 Å². The first-order valence-corrected chi connectivity index (χ1v) is 5.99. The van der Waals surface area contributed by atoms with Crippen molar-refractivity contribution in [1.29, 1.82) is 0 Å². The van der Waals surface area contributed by atoms with Gasteiger partial charge in [0, 0.05) is 18.9 Å². The molecule has 7 heteroatoms. The molecule has 0 unspecified atom stereocenters. The van der Waals surface area contributed by atoms with Crippen LogP contribution >= 0.6 is 0 Å². The maximum Gasteiger partial charge on any atom is 0.332 e. The summed E-state index contributed by atoms with van der Waals surface area (Å²) >= 11 is 0. The molecule has 1 atom stereocenters. The Labute approximate surface area is 115 Å². The molecule has 1 aromatic rings. The Hall–Kier alpha value is -2.28. The van der Waals surface area contributed by atoms with Crippen LogP contribution < -0.4 is 14.8 Å². The van der Waals surface area contributed by atoms with Crippen LogP contribution in [0.3, 0.4) is 0 Å². The lowest BCUT2D eigenvalue weighted by Crippen LogP contribution is -2.31. The molecule has 0 aromatic heterocycles. The maximum atomic E-state index is 11.9. The first-order chi connectivity index (χ1) is 9.60. The maximum absolute atomic E-state index is 11.9. The summed E-state index contributed by atoms with van der Waals surface area (Å²) in [5.74, 6) is 0.156. The highest BCUT2D eigenvalue weighted by molar-refractivity contribution is 5.95. The number of carbonyl (C=O) groups excluding carboxylic acids is 2. The monoisotopic (exact) mass is 281 g/mol. The zero-order chi connectivity index (χ0) is 14.5. The number of anilines is 1. The molecule has 0 saturated carbocycles. The van der Waals surface area contributed by atoms with Crippen LogP contribution in [0.5, 0.6) is 11.5 Å². The van der Waals surface area contributed by atoms with Crippen LogP contribution in [0.1, 0.15) is 6.92 Å². The fourth-order valence-corrected chi connectivity index (χ4v) is 1.62. The minimum Gasteiger partial charge on any atom is -0.454 e. The quantitative estimate of drug-likeness (QED) is 0.808. The van der Waals surface area contributed by atoms with E-state index in [2.05, 4.69) is 10.1 Å². The number of fused-ring (bicyclic) bond motifs is 1. The van der Waals surface area contributed by atoms with Gasteiger partial charge in [0.15, 0.2) is 17.6 Å². The minimum atomic E-state index is -0.914. The number of carbonyl (C=O) groups is 2. The van der Waals surface area contributed by atoms with Crippen LogP contribution in [0.2, 0.25) is 0 Å². The van der Waals surface area contributed by atoms with Gasteiger partial charge in [-0.1, -0.05) is 0 Å². The number of ether oxygens (including phenoxy) is 4. The number of amides is 1. The third-order valence-corrected chi connectivity index (χ3v) is 2.58. The predicted octanol–water partition coefficient (Wildman–Crippen LogP) is 0.932. The Morgan fingerprint density at radius 2 is 2.10 bits per heavy atom. The summed E-state index contributed by atoms with van der Waals surface area (Å²) in [4.78, 5) is 23.1. The fourth-order valence-electron chi connectivity index (χ4n) is 1.62. The second kappa shape index (κ2) is 6.25. The van der Waals surface area contributed by atoms with Crippen LogP contribution in [0, 0.1) is 0 Å². The molecule has 0 radical (unpaired) electrons. The lowest BCUT2D eigenvalue weighted by molar-refractivity contribution is -0.156. The molecule has 1 aliphatic rings. The number of hydrogen-bond acceptors (Lipinski definition) is 6. The Kier molecular flexibility index (Phi) is 4.41. The van der Waals surface area contributed by atoms with Gasteiger partial charge in [-0.15, -0.1) is 0 Å². The van der Waals surface area contributed by atoms with Crippen molar-refractivity contribution in [3.05, 3.63) is 18.2 Å². The van der Waals surface area contributed by atoms with Gasteiger partial charge >= 0.3 is 5.97 Å². The summed E-state index contributed by atoms with van der Waals surface area (Å²) < 4.78 is 19.9. The lowest BCUT2D eigenvalue weighted by atomic mass is 10.2. The third-order valence-electron chi connectivity index (χ3n) is 2.58. The van der Waals surface area contributed by atoms with E-state index in [9.17, 15) is 9.59 Å². The van der Waals surface area contributed by atoms with Gasteiger partial charge in [0.25, 0.3) is 5.91 Å². The SMILES string of the molecule is COCC(=O)O[C@@H](C)C(=O)Nc1ccc2c(c1)OCO2. The topological polar surface area (TPSA) is 83.1 Å². The molecule has 0 saturated heterocycles. The van der Waals surface area contributed by atoms with Gasteiger partial charge in [-0.3, -0.25) is 4.79 Å². The van der Waals surface area contributed by atoms with E-state index in [1.807, 2.05) is 0 Å². The number of esters is 1. The zero-order valence-electron chi connectivity index (χ0n) is 11.2. The molecule has 1 N–H and O–H groups in total. The van der Waals surface area contributed by atoms with Crippen LogP contribution in [0.25, 0.3) is 0 Å². The number of hydrogen-bond donors (Lipinski definition) is 1. The number of nitrogens with one attached hydrogen (secondary N) is 1. The Morgan fingerprint density at radius 3 is 2.85 bits per heavy atom. The predicted molar refractivity (Wildman–Crippen MR) is 68.6 cm³/mol. The van der Waals surface area contributed by atoms with E-state index in [1.165, 1.54) is 14.0 Å². The number of methoxy groups -OCH3 is 1. The van der Waals surface area contributed by atoms with E-state index < -0.39 is 18.0 Å². The van der Waals surface area contributed by atoms with Gasteiger partial charge < -0.3 is 24.3 Å². The molecule has 7 nitrogen and oxygen atoms in total. The second-order valence-corrected chi connectivity index (χ2v) is 4.12. The second-order valence-electron chi connectivity index (χ2n) is 4.12. The van der Waals surface area contributed by atoms with Crippen LogP contribution in [-0.4, -0.2) is 38.5 Å². The van der Waals surface area contributed by atoms with Gasteiger partial charge in [0.05, 0.1) is 0 Å². The molecule has 1 amide bonds. The van der Waals surface area contributed by atoms with Gasteiger partial charge in [-0.05, 0) is 19.1 Å². The normalized spacial score (nSPS) is 13.7. The van der Waals surface area contributed by atoms with Crippen LogP contribution in [0.15, 0.2) is 18.2 Å². The van der Waals surface area contributed by atoms with E-state index in [1.54, 1.807) is 18.2 Å². The van der Waals surface area contributed by atoms with Gasteiger partial charge in [-0.2, -0.15) is 0 Å². The van der Waals surface area contributed by atoms with E-state index in [-0.39, 0.29) is 13.4 Å². The molecule has 0 fully saturated rings. The van der Waals surface area contributed by atoms with E-state index in [0.29, 0.717) is 17.2 Å². The van der Waals surface area contributed by atoms with Crippen molar-refractivity contribution < 1.29 is 28.5 Å². The Balaban J connectivity index is 1.92. The molecule has 108 valence electrons. The summed E-state index contributed by atoms with van der Waals surface area (Å²) in [7, 11) is 1.37. The Bertz CT molecular complexity index is 516. The first kappa shape index (κ1) is 14.1. The summed E-state index contributed by atoms with van der Waals surface area (Å²) in [6, 6.07) is 5.01. The third kappa shape index (κ3) is 3.39. The summed E-state index contributed by atoms with van der Waals surface area (Å²) in [6.45, 7) is 1.45. The minimum absolute atomic E-state index is 0.164. The van der Waals surface area contributed by atoms with E-state index in [0.717, 1.165) is 0 Å². The van der Waals surface area contributed by atoms with Crippen molar-refractivity contribution in [2.45, 2.75) is 13.0 Å². The van der Waals surface area contributed by atoms with Crippen molar-refractivity contribution >= 4 is 17.6 Å². The van der Waals surface area contributed by atoms with Crippen molar-refractivity contribution in [1.82, 2.24) is 0 Å². The molecule has 0 aliphatic carbocycles. The fraction of sp³-hybridized carbons (Fsp3) is 0.385. The molecular weight excluding hydrogens is 266 g/mol. The number of rotatable bonds is 5. The highest BCUT2D eigenvalue weighted by Crippen LogP contribution is 2.34. The standard InChI is InChI=1S/C13H15NO6/c1-8(20-12(15)6-17-2)13(16)14-9-3-4-10-11(5-9)19-7-18-10/h3-5,8H,6-7H2,1-2H3,(H,14,16)/t8-/m0/s1. The average Bonchev–Trinajstić information content (AvgIpc) is 2.86. The van der Waals surface area contributed by atoms with E-state index in [4.69, 9.17) is 14.2 Å². The number of benzene rings is 1. The van der Waals surface area contributed by atoms with Gasteiger partial charge in [0.2, 0.25) is 6.79 Å². The summed E-state index contributed by atoms with van der Waals surface area (Å²) in [6.07, 6.45) is -0.914. The zero-order valence-corrected chi connectivity index (χ0v) is 11.2. The molecule has 1 aromatic carbocycles. The first-order valence-electron chi connectivity index (χ1n) is 5.99. The van der Waals surface area contributed by atoms with Crippen molar-refractivity contribution in [3.8, 4) is 11.5 Å². The van der Waals surface area contributed by atoms with Gasteiger partial charge in [-0.25, -0.2) is 4.79 Å². The molecule has 20 heavy (non-hydrogen) atoms. The molecule has 1 aliphatic heterocycles. The molecule has 2 rings (SSSR count). The van der Waals surface area contributed by atoms with Crippen molar-refractivity contribution in [2.24, 2.45) is 0 Å². The molecule has 0 bridgehead atoms. The summed E-state index contributed by atoms with van der Waals surface area (Å²) in [5.41, 5.74) is 0.536. The largest absolute Gasteiger partial charge is 0.454 e. The van der Waals surface area contributed by atoms with Crippen LogP contribution in [-0.2, 0) is 19.1 Å². The lowest BCUT2D eigenvalue weighted by Gasteiger charge is -2.13. The van der Waals surface area contributed by atoms with Crippen molar-refractivity contribution in [2.75, 3.05) is 25.8 Å². The molecule has 1 heterocycles. The molecular formula is C13H15NO6. The average molecular weight is 281 g/mol. The smallest absolute Gasteiger partial charge is 0.332 e. The van der Waals surface area contributed by atoms with Gasteiger partial charge in [0.1, 0.15) is 6.61 Å². The highest BCUT2D eigenvalue weighted by Gasteiger charge is 2.19.